The molecule has 0 amide bonds. The molecule has 0 rings (SSSR count). The van der Waals surface area contributed by atoms with Crippen LogP contribution in [0, 0.1) is 0 Å². The predicted octanol–water partition coefficient (Wildman–Crippen LogP) is 3.09. The molecule has 3 nitrogen and oxygen atoms in total. The normalized spacial score (nSPS) is 14.3. The minimum absolute atomic E-state index is 0.00694. The lowest BCUT2D eigenvalue weighted by atomic mass is 10.5. The molecular weight excluding hydrogens is 228 g/mol. The van der Waals surface area contributed by atoms with Crippen LogP contribution in [0.3, 0.4) is 0 Å². The molecule has 92 valence electrons. The van der Waals surface area contributed by atoms with Gasteiger partial charge < -0.3 is 0 Å². The Hall–Kier alpha value is 0.127. The van der Waals surface area contributed by atoms with E-state index in [9.17, 15) is 8.42 Å². The summed E-state index contributed by atoms with van der Waals surface area (Å²) in [4.78, 5) is 0. The first kappa shape index (κ1) is 15.1. The maximum atomic E-state index is 11.2. The lowest BCUT2D eigenvalue weighted by Crippen LogP contribution is -2.50. The second-order valence-corrected chi connectivity index (χ2v) is 13.3. The topological polar surface area (TPSA) is 54.4 Å². The summed E-state index contributed by atoms with van der Waals surface area (Å²) in [6.07, 6.45) is 0. The first-order chi connectivity index (χ1) is 6.54. The molecule has 5 heteroatoms. The van der Waals surface area contributed by atoms with Gasteiger partial charge in [-0.25, -0.2) is 0 Å². The highest BCUT2D eigenvalue weighted by Gasteiger charge is 2.45. The standard InChI is InChI=1S/C10H24O3SSi/c1-8(2)15(9(3)4,10(5)6)7-14(11,12)13/h8-10H,7H2,1-6H3,(H,11,12,13). The Morgan fingerprint density at radius 2 is 1.20 bits per heavy atom. The first-order valence-corrected chi connectivity index (χ1v) is 9.54. The monoisotopic (exact) mass is 252 g/mol. The van der Waals surface area contributed by atoms with Crippen LogP contribution < -0.4 is 0 Å². The van der Waals surface area contributed by atoms with Crippen molar-refractivity contribution in [3.05, 3.63) is 0 Å². The Morgan fingerprint density at radius 1 is 0.933 bits per heavy atom. The summed E-state index contributed by atoms with van der Waals surface area (Å²) in [5, 5.41) is -0.00694. The van der Waals surface area contributed by atoms with Crippen molar-refractivity contribution < 1.29 is 13.0 Å². The zero-order chi connectivity index (χ0) is 12.4. The van der Waals surface area contributed by atoms with Crippen molar-refractivity contribution in [3.63, 3.8) is 0 Å². The molecule has 0 aliphatic heterocycles. The Labute approximate surface area is 95.0 Å². The van der Waals surface area contributed by atoms with Crippen LogP contribution in [0.4, 0.5) is 0 Å². The third-order valence-corrected chi connectivity index (χ3v) is 13.6. The van der Waals surface area contributed by atoms with Crippen LogP contribution in [0.15, 0.2) is 0 Å². The van der Waals surface area contributed by atoms with Gasteiger partial charge in [-0.2, -0.15) is 8.42 Å². The fourth-order valence-corrected chi connectivity index (χ4v) is 13.3. The second kappa shape index (κ2) is 4.97. The minimum atomic E-state index is -3.86. The van der Waals surface area contributed by atoms with Gasteiger partial charge in [-0.15, -0.1) is 0 Å². The van der Waals surface area contributed by atoms with Gasteiger partial charge in [0.15, 0.2) is 0 Å². The van der Waals surface area contributed by atoms with Crippen LogP contribution in [0.5, 0.6) is 0 Å². The van der Waals surface area contributed by atoms with E-state index in [-0.39, 0.29) is 5.38 Å². The Bertz CT molecular complexity index is 272. The first-order valence-electron chi connectivity index (χ1n) is 5.49. The number of hydrogen-bond donors (Lipinski definition) is 1. The molecule has 0 bridgehead atoms. The highest BCUT2D eigenvalue weighted by molar-refractivity contribution is 7.87. The maximum absolute atomic E-state index is 11.2. The van der Waals surface area contributed by atoms with Gasteiger partial charge in [0.25, 0.3) is 10.1 Å². The summed E-state index contributed by atoms with van der Waals surface area (Å²) in [6.45, 7) is 12.5. The van der Waals surface area contributed by atoms with Crippen molar-refractivity contribution in [1.82, 2.24) is 0 Å². The Morgan fingerprint density at radius 3 is 1.27 bits per heavy atom. The Balaban J connectivity index is 5.34. The fourth-order valence-electron chi connectivity index (χ4n) is 2.82. The maximum Gasteiger partial charge on any atom is 0.262 e. The molecule has 0 aromatic heterocycles. The van der Waals surface area contributed by atoms with Gasteiger partial charge in [-0.05, 0) is 16.6 Å². The highest BCUT2D eigenvalue weighted by atomic mass is 32.2. The van der Waals surface area contributed by atoms with E-state index in [0.29, 0.717) is 16.6 Å². The van der Waals surface area contributed by atoms with E-state index >= 15 is 0 Å². The highest BCUT2D eigenvalue weighted by Crippen LogP contribution is 2.41. The number of hydrogen-bond acceptors (Lipinski definition) is 2. The largest absolute Gasteiger partial charge is 0.286 e. The lowest BCUT2D eigenvalue weighted by molar-refractivity contribution is 0.486. The molecule has 0 radical (unpaired) electrons. The quantitative estimate of drug-likeness (QED) is 0.604. The molecule has 0 fully saturated rings. The molecule has 0 unspecified atom stereocenters. The summed E-state index contributed by atoms with van der Waals surface area (Å²) in [7, 11) is -5.86. The summed E-state index contributed by atoms with van der Waals surface area (Å²) in [5.41, 5.74) is 1.08. The molecule has 15 heavy (non-hydrogen) atoms. The predicted molar refractivity (Wildman–Crippen MR) is 67.5 cm³/mol. The third kappa shape index (κ3) is 3.57. The van der Waals surface area contributed by atoms with Gasteiger partial charge in [0.05, 0.1) is 13.5 Å². The summed E-state index contributed by atoms with van der Waals surface area (Å²) >= 11 is 0. The van der Waals surface area contributed by atoms with Crippen molar-refractivity contribution in [2.45, 2.75) is 58.2 Å². The molecule has 0 aromatic carbocycles. The smallest absolute Gasteiger partial charge is 0.262 e. The van der Waals surface area contributed by atoms with Gasteiger partial charge in [-0.3, -0.25) is 4.55 Å². The third-order valence-electron chi connectivity index (χ3n) is 3.66. The molecule has 0 saturated heterocycles. The summed E-state index contributed by atoms with van der Waals surface area (Å²) in [6, 6.07) is 0. The Kier molecular flexibility index (Phi) is 5.01. The van der Waals surface area contributed by atoms with E-state index in [1.807, 2.05) is 0 Å². The van der Waals surface area contributed by atoms with E-state index in [1.165, 1.54) is 0 Å². The lowest BCUT2D eigenvalue weighted by Gasteiger charge is -2.42. The summed E-state index contributed by atoms with van der Waals surface area (Å²) < 4.78 is 31.4. The van der Waals surface area contributed by atoms with Gasteiger partial charge in [0, 0.05) is 0 Å². The molecule has 0 heterocycles. The van der Waals surface area contributed by atoms with E-state index in [2.05, 4.69) is 41.5 Å². The molecule has 0 spiro atoms. The van der Waals surface area contributed by atoms with Crippen LogP contribution in [0.2, 0.25) is 16.6 Å². The molecule has 0 atom stereocenters. The fraction of sp³-hybridized carbons (Fsp3) is 1.00. The van der Waals surface area contributed by atoms with E-state index in [4.69, 9.17) is 4.55 Å². The van der Waals surface area contributed by atoms with Gasteiger partial charge >= 0.3 is 0 Å². The molecule has 0 aliphatic carbocycles. The molecule has 0 aromatic rings. The zero-order valence-corrected chi connectivity index (χ0v) is 12.4. The second-order valence-electron chi connectivity index (χ2n) is 5.30. The van der Waals surface area contributed by atoms with Crippen LogP contribution in [0.1, 0.15) is 41.5 Å². The minimum Gasteiger partial charge on any atom is -0.286 e. The molecule has 1 N–H and O–H groups in total. The average molecular weight is 252 g/mol. The van der Waals surface area contributed by atoms with Crippen LogP contribution in [0.25, 0.3) is 0 Å². The van der Waals surface area contributed by atoms with E-state index < -0.39 is 18.2 Å². The zero-order valence-electron chi connectivity index (χ0n) is 10.6. The van der Waals surface area contributed by atoms with Crippen molar-refractivity contribution >= 4 is 18.2 Å². The number of rotatable bonds is 5. The van der Waals surface area contributed by atoms with E-state index in [0.717, 1.165) is 0 Å². The SMILES string of the molecule is CC(C)[Si](CS(=O)(=O)O)(C(C)C)C(C)C. The van der Waals surface area contributed by atoms with E-state index in [1.54, 1.807) is 0 Å². The molecule has 0 saturated carbocycles. The van der Waals surface area contributed by atoms with Crippen molar-refractivity contribution in [2.75, 3.05) is 5.38 Å². The van der Waals surface area contributed by atoms with Gasteiger partial charge in [0.2, 0.25) is 0 Å². The van der Waals surface area contributed by atoms with Crippen LogP contribution >= 0.6 is 0 Å². The average Bonchev–Trinajstić information content (AvgIpc) is 1.96. The summed E-state index contributed by atoms with van der Waals surface area (Å²) in [5.74, 6) is 0. The van der Waals surface area contributed by atoms with Crippen molar-refractivity contribution in [2.24, 2.45) is 0 Å². The van der Waals surface area contributed by atoms with Crippen molar-refractivity contribution in [1.29, 1.82) is 0 Å². The van der Waals surface area contributed by atoms with Gasteiger partial charge in [0.1, 0.15) is 0 Å². The molecular formula is C10H24O3SSi. The van der Waals surface area contributed by atoms with Gasteiger partial charge in [-0.1, -0.05) is 41.5 Å². The molecule has 0 aliphatic rings. The van der Waals surface area contributed by atoms with Crippen LogP contribution in [-0.4, -0.2) is 26.4 Å². The van der Waals surface area contributed by atoms with Crippen molar-refractivity contribution in [3.8, 4) is 0 Å². The van der Waals surface area contributed by atoms with Crippen LogP contribution in [-0.2, 0) is 10.1 Å².